The van der Waals surface area contributed by atoms with Crippen LogP contribution in [-0.2, 0) is 0 Å². The Bertz CT molecular complexity index is 762. The zero-order chi connectivity index (χ0) is 13.9. The second-order valence-electron chi connectivity index (χ2n) is 4.34. The molecule has 0 radical (unpaired) electrons. The maximum Gasteiger partial charge on any atom is 0.267 e. The maximum atomic E-state index is 12.7. The van der Waals surface area contributed by atoms with E-state index >= 15 is 0 Å². The summed E-state index contributed by atoms with van der Waals surface area (Å²) < 4.78 is 7.06. The topological polar surface area (TPSA) is 44.1 Å². The Morgan fingerprint density at radius 2 is 1.90 bits per heavy atom. The van der Waals surface area contributed by atoms with Crippen molar-refractivity contribution in [1.82, 2.24) is 9.55 Å². The lowest BCUT2D eigenvalue weighted by molar-refractivity contribution is 0.0960. The number of carbonyl (C=O) groups excluding carboxylic acids is 1. The van der Waals surface area contributed by atoms with E-state index in [9.17, 15) is 4.79 Å². The number of ether oxygens (including phenoxy) is 1. The minimum absolute atomic E-state index is 0.136. The maximum absolute atomic E-state index is 12.7. The van der Waals surface area contributed by atoms with E-state index < -0.39 is 0 Å². The highest BCUT2D eigenvalue weighted by Crippen LogP contribution is 2.21. The Labute approximate surface area is 116 Å². The monoisotopic (exact) mass is 266 g/mol. The molecule has 0 amide bonds. The highest BCUT2D eigenvalue weighted by atomic mass is 16.5. The first-order valence-electron chi connectivity index (χ1n) is 6.50. The molecule has 0 aliphatic heterocycles. The molecule has 0 unspecified atom stereocenters. The number of fused-ring (bicyclic) bond motifs is 1. The quantitative estimate of drug-likeness (QED) is 0.731. The van der Waals surface area contributed by atoms with Gasteiger partial charge in [-0.2, -0.15) is 0 Å². The average Bonchev–Trinajstić information content (AvgIpc) is 2.91. The summed E-state index contributed by atoms with van der Waals surface area (Å²) in [5.74, 6) is 0.459. The largest absolute Gasteiger partial charge is 0.493 e. The van der Waals surface area contributed by atoms with Crippen LogP contribution in [-0.4, -0.2) is 22.1 Å². The average molecular weight is 266 g/mol. The van der Waals surface area contributed by atoms with Crippen LogP contribution in [0.15, 0.2) is 54.9 Å². The number of carbonyl (C=O) groups is 1. The number of hydrogen-bond donors (Lipinski definition) is 0. The zero-order valence-corrected chi connectivity index (χ0v) is 11.1. The smallest absolute Gasteiger partial charge is 0.267 e. The first kappa shape index (κ1) is 12.4. The molecule has 0 N–H and O–H groups in total. The lowest BCUT2D eigenvalue weighted by Gasteiger charge is -2.09. The molecule has 0 aliphatic rings. The fourth-order valence-corrected chi connectivity index (χ4v) is 2.18. The van der Waals surface area contributed by atoms with Crippen LogP contribution in [0.25, 0.3) is 11.0 Å². The molecule has 3 rings (SSSR count). The molecule has 4 heteroatoms. The fraction of sp³-hybridized carbons (Fsp3) is 0.125. The second-order valence-corrected chi connectivity index (χ2v) is 4.34. The van der Waals surface area contributed by atoms with Crippen molar-refractivity contribution in [2.75, 3.05) is 6.61 Å². The second kappa shape index (κ2) is 5.17. The van der Waals surface area contributed by atoms with Crippen LogP contribution in [0.5, 0.6) is 5.75 Å². The molecule has 1 aromatic heterocycles. The molecule has 3 aromatic rings. The molecule has 1 heterocycles. The predicted molar refractivity (Wildman–Crippen MR) is 77.1 cm³/mol. The van der Waals surface area contributed by atoms with Gasteiger partial charge in [0, 0.05) is 0 Å². The lowest BCUT2D eigenvalue weighted by atomic mass is 10.2. The van der Waals surface area contributed by atoms with Crippen molar-refractivity contribution in [3.05, 3.63) is 60.4 Å². The van der Waals surface area contributed by atoms with Gasteiger partial charge < -0.3 is 4.74 Å². The molecule has 0 saturated heterocycles. The number of nitrogens with zero attached hydrogens (tertiary/aromatic N) is 2. The molecule has 0 saturated carbocycles. The van der Waals surface area contributed by atoms with Gasteiger partial charge in [-0.25, -0.2) is 4.98 Å². The number of imidazole rings is 1. The molecule has 0 fully saturated rings. The summed E-state index contributed by atoms with van der Waals surface area (Å²) in [6.07, 6.45) is 1.55. The summed E-state index contributed by atoms with van der Waals surface area (Å²) in [6.45, 7) is 2.42. The van der Waals surface area contributed by atoms with Crippen LogP contribution in [0, 0.1) is 0 Å². The van der Waals surface area contributed by atoms with Gasteiger partial charge in [0.05, 0.1) is 23.2 Å². The van der Waals surface area contributed by atoms with E-state index in [0.717, 1.165) is 11.0 Å². The molecule has 100 valence electrons. The first-order chi connectivity index (χ1) is 9.81. The Kier molecular flexibility index (Phi) is 3.21. The van der Waals surface area contributed by atoms with Gasteiger partial charge in [-0.1, -0.05) is 24.3 Å². The minimum atomic E-state index is -0.136. The van der Waals surface area contributed by atoms with Gasteiger partial charge in [0.25, 0.3) is 5.91 Å². The zero-order valence-electron chi connectivity index (χ0n) is 11.1. The van der Waals surface area contributed by atoms with Gasteiger partial charge in [0.1, 0.15) is 12.1 Å². The molecule has 0 aliphatic carbocycles. The number of para-hydroxylation sites is 3. The van der Waals surface area contributed by atoms with Crippen LogP contribution in [0.4, 0.5) is 0 Å². The van der Waals surface area contributed by atoms with E-state index in [4.69, 9.17) is 4.74 Å². The van der Waals surface area contributed by atoms with Crippen molar-refractivity contribution in [3.8, 4) is 5.75 Å². The normalized spacial score (nSPS) is 10.7. The Morgan fingerprint density at radius 1 is 1.15 bits per heavy atom. The Balaban J connectivity index is 2.09. The number of hydrogen-bond acceptors (Lipinski definition) is 3. The number of rotatable bonds is 3. The molecule has 0 bridgehead atoms. The standard InChI is InChI=1S/C16H14N2O2/c1-2-20-15-10-6-3-7-12(15)16(19)18-11-17-13-8-4-5-9-14(13)18/h3-11H,2H2,1H3. The van der Waals surface area contributed by atoms with Gasteiger partial charge in [0.15, 0.2) is 0 Å². The molecule has 2 aromatic carbocycles. The summed E-state index contributed by atoms with van der Waals surface area (Å²) in [4.78, 5) is 16.9. The summed E-state index contributed by atoms with van der Waals surface area (Å²) in [7, 11) is 0. The van der Waals surface area contributed by atoms with Crippen molar-refractivity contribution < 1.29 is 9.53 Å². The molecule has 0 atom stereocenters. The SMILES string of the molecule is CCOc1ccccc1C(=O)n1cnc2ccccc21. The van der Waals surface area contributed by atoms with Crippen LogP contribution in [0.2, 0.25) is 0 Å². The Morgan fingerprint density at radius 3 is 2.75 bits per heavy atom. The van der Waals surface area contributed by atoms with E-state index in [1.54, 1.807) is 23.0 Å². The highest BCUT2D eigenvalue weighted by Gasteiger charge is 2.16. The minimum Gasteiger partial charge on any atom is -0.493 e. The van der Waals surface area contributed by atoms with Crippen LogP contribution < -0.4 is 4.74 Å². The number of aromatic nitrogens is 2. The Hall–Kier alpha value is -2.62. The van der Waals surface area contributed by atoms with Crippen LogP contribution in [0.1, 0.15) is 17.3 Å². The van der Waals surface area contributed by atoms with Gasteiger partial charge in [-0.3, -0.25) is 9.36 Å². The third-order valence-corrected chi connectivity index (χ3v) is 3.09. The molecular weight excluding hydrogens is 252 g/mol. The highest BCUT2D eigenvalue weighted by molar-refractivity contribution is 6.02. The van der Waals surface area contributed by atoms with Crippen molar-refractivity contribution in [2.45, 2.75) is 6.92 Å². The van der Waals surface area contributed by atoms with Crippen molar-refractivity contribution in [3.63, 3.8) is 0 Å². The van der Waals surface area contributed by atoms with Crippen LogP contribution in [0.3, 0.4) is 0 Å². The van der Waals surface area contributed by atoms with E-state index in [1.165, 1.54) is 0 Å². The van der Waals surface area contributed by atoms with Gasteiger partial charge in [-0.05, 0) is 31.2 Å². The molecule has 0 spiro atoms. The van der Waals surface area contributed by atoms with Gasteiger partial charge in [0.2, 0.25) is 0 Å². The van der Waals surface area contributed by atoms with Crippen molar-refractivity contribution in [2.24, 2.45) is 0 Å². The van der Waals surface area contributed by atoms with E-state index in [0.29, 0.717) is 17.9 Å². The third kappa shape index (κ3) is 2.05. The van der Waals surface area contributed by atoms with E-state index in [-0.39, 0.29) is 5.91 Å². The third-order valence-electron chi connectivity index (χ3n) is 3.09. The predicted octanol–water partition coefficient (Wildman–Crippen LogP) is 3.12. The summed E-state index contributed by atoms with van der Waals surface area (Å²) in [5, 5.41) is 0. The molecule has 20 heavy (non-hydrogen) atoms. The summed E-state index contributed by atoms with van der Waals surface area (Å²) in [5.41, 5.74) is 2.14. The number of benzene rings is 2. The summed E-state index contributed by atoms with van der Waals surface area (Å²) in [6, 6.07) is 14.8. The van der Waals surface area contributed by atoms with Crippen molar-refractivity contribution in [1.29, 1.82) is 0 Å². The summed E-state index contributed by atoms with van der Waals surface area (Å²) >= 11 is 0. The van der Waals surface area contributed by atoms with Gasteiger partial charge >= 0.3 is 0 Å². The fourth-order valence-electron chi connectivity index (χ4n) is 2.18. The first-order valence-corrected chi connectivity index (χ1v) is 6.50. The lowest BCUT2D eigenvalue weighted by Crippen LogP contribution is -2.12. The van der Waals surface area contributed by atoms with E-state index in [1.807, 2.05) is 43.3 Å². The van der Waals surface area contributed by atoms with Crippen LogP contribution >= 0.6 is 0 Å². The van der Waals surface area contributed by atoms with Gasteiger partial charge in [-0.15, -0.1) is 0 Å². The van der Waals surface area contributed by atoms with Crippen molar-refractivity contribution >= 4 is 16.9 Å². The molecule has 4 nitrogen and oxygen atoms in total. The molecular formula is C16H14N2O2. The van der Waals surface area contributed by atoms with E-state index in [2.05, 4.69) is 4.98 Å².